The molecule has 2 aromatic carbocycles. The van der Waals surface area contributed by atoms with E-state index in [1.165, 1.54) is 42.6 Å². The van der Waals surface area contributed by atoms with Crippen molar-refractivity contribution < 1.29 is 22.7 Å². The summed E-state index contributed by atoms with van der Waals surface area (Å²) in [7, 11) is -4.06. The van der Waals surface area contributed by atoms with Crippen LogP contribution in [0.5, 0.6) is 0 Å². The first-order chi connectivity index (χ1) is 15.4. The molecule has 0 spiro atoms. The summed E-state index contributed by atoms with van der Waals surface area (Å²) in [6.07, 6.45) is -0.470. The highest BCUT2D eigenvalue weighted by atomic mass is 35.5. The third-order valence-electron chi connectivity index (χ3n) is 5.40. The zero-order valence-corrected chi connectivity index (χ0v) is 19.6. The van der Waals surface area contributed by atoms with Gasteiger partial charge in [-0.1, -0.05) is 44.5 Å². The van der Waals surface area contributed by atoms with Gasteiger partial charge in [-0.3, -0.25) is 14.4 Å². The molecule has 0 bridgehead atoms. The Kier molecular flexibility index (Phi) is 5.68. The van der Waals surface area contributed by atoms with E-state index in [4.69, 9.17) is 11.6 Å². The monoisotopic (exact) mass is 489 g/mol. The zero-order chi connectivity index (χ0) is 24.1. The van der Waals surface area contributed by atoms with Crippen molar-refractivity contribution in [2.45, 2.75) is 37.3 Å². The number of rotatable bonds is 4. The van der Waals surface area contributed by atoms with Crippen molar-refractivity contribution in [3.63, 3.8) is 0 Å². The standard InChI is InChI=1S/C23H21ClFN3O4S/c1-23(2,3)13-6-8-14(9-7-13)33(31,32)27-16-11-10-15(24)18-19(16)22(30)28(21(18)29)17-5-4-12-26-20(17)25/h4-12,22,27,30H,1-3H3. The Balaban J connectivity index is 1.74. The zero-order valence-electron chi connectivity index (χ0n) is 18.0. The molecule has 0 saturated carbocycles. The number of anilines is 2. The smallest absolute Gasteiger partial charge is 0.262 e. The number of halogens is 2. The van der Waals surface area contributed by atoms with Gasteiger partial charge >= 0.3 is 0 Å². The van der Waals surface area contributed by atoms with Gasteiger partial charge in [0, 0.05) is 11.8 Å². The van der Waals surface area contributed by atoms with Crippen LogP contribution >= 0.6 is 11.6 Å². The minimum Gasteiger partial charge on any atom is -0.369 e. The van der Waals surface area contributed by atoms with Gasteiger partial charge in [-0.25, -0.2) is 13.4 Å². The molecule has 0 saturated heterocycles. The van der Waals surface area contributed by atoms with Crippen molar-refractivity contribution in [2.75, 3.05) is 9.62 Å². The maximum absolute atomic E-state index is 14.3. The Morgan fingerprint density at radius 3 is 2.39 bits per heavy atom. The van der Waals surface area contributed by atoms with Crippen LogP contribution in [0.3, 0.4) is 0 Å². The molecule has 2 heterocycles. The second kappa shape index (κ2) is 8.09. The van der Waals surface area contributed by atoms with Gasteiger partial charge < -0.3 is 5.11 Å². The van der Waals surface area contributed by atoms with Crippen LogP contribution in [0.25, 0.3) is 0 Å². The van der Waals surface area contributed by atoms with Gasteiger partial charge in [0.15, 0.2) is 6.23 Å². The van der Waals surface area contributed by atoms with Gasteiger partial charge in [-0.15, -0.1) is 0 Å². The van der Waals surface area contributed by atoms with Crippen molar-refractivity contribution >= 4 is 38.9 Å². The number of aliphatic hydroxyl groups is 1. The van der Waals surface area contributed by atoms with E-state index >= 15 is 0 Å². The largest absolute Gasteiger partial charge is 0.369 e. The number of aromatic nitrogens is 1. The third kappa shape index (κ3) is 4.07. The Labute approximate surface area is 195 Å². The predicted molar refractivity (Wildman–Crippen MR) is 123 cm³/mol. The maximum atomic E-state index is 14.3. The SMILES string of the molecule is CC(C)(C)c1ccc(S(=O)(=O)Nc2ccc(Cl)c3c2C(O)N(c2cccnc2F)C3=O)cc1. The molecule has 0 fully saturated rings. The van der Waals surface area contributed by atoms with Gasteiger partial charge in [0.25, 0.3) is 15.9 Å². The molecule has 1 aliphatic rings. The summed E-state index contributed by atoms with van der Waals surface area (Å²) in [5.41, 5.74) is 0.337. The highest BCUT2D eigenvalue weighted by Gasteiger charge is 2.42. The Morgan fingerprint density at radius 1 is 1.12 bits per heavy atom. The van der Waals surface area contributed by atoms with Gasteiger partial charge in [-0.05, 0) is 47.4 Å². The van der Waals surface area contributed by atoms with Crippen molar-refractivity contribution in [3.8, 4) is 0 Å². The molecule has 2 N–H and O–H groups in total. The van der Waals surface area contributed by atoms with E-state index in [2.05, 4.69) is 9.71 Å². The van der Waals surface area contributed by atoms with Crippen LogP contribution in [0.2, 0.25) is 5.02 Å². The first kappa shape index (κ1) is 23.2. The quantitative estimate of drug-likeness (QED) is 0.521. The lowest BCUT2D eigenvalue weighted by Crippen LogP contribution is -2.29. The molecule has 7 nitrogen and oxygen atoms in total. The molecule has 0 aliphatic carbocycles. The minimum absolute atomic E-state index is 0.00155. The van der Waals surface area contributed by atoms with Crippen molar-refractivity contribution in [2.24, 2.45) is 0 Å². The fourth-order valence-corrected chi connectivity index (χ4v) is 4.99. The van der Waals surface area contributed by atoms with E-state index in [1.54, 1.807) is 12.1 Å². The van der Waals surface area contributed by atoms with E-state index < -0.39 is 28.1 Å². The Bertz CT molecular complexity index is 1360. The summed E-state index contributed by atoms with van der Waals surface area (Å²) in [6, 6.07) is 11.8. The lowest BCUT2D eigenvalue weighted by molar-refractivity contribution is 0.0933. The van der Waals surface area contributed by atoms with Crippen LogP contribution in [0, 0.1) is 5.95 Å². The number of carbonyl (C=O) groups excluding carboxylic acids is 1. The molecule has 1 aliphatic heterocycles. The van der Waals surface area contributed by atoms with Gasteiger partial charge in [0.05, 0.1) is 21.2 Å². The molecule has 33 heavy (non-hydrogen) atoms. The van der Waals surface area contributed by atoms with Crippen LogP contribution < -0.4 is 9.62 Å². The number of nitrogens with one attached hydrogen (secondary N) is 1. The fourth-order valence-electron chi connectivity index (χ4n) is 3.66. The second-order valence-electron chi connectivity index (χ2n) is 8.63. The number of benzene rings is 2. The number of pyridine rings is 1. The molecule has 4 rings (SSSR count). The fraction of sp³-hybridized carbons (Fsp3) is 0.217. The lowest BCUT2D eigenvalue weighted by Gasteiger charge is -2.22. The van der Waals surface area contributed by atoms with E-state index in [9.17, 15) is 22.7 Å². The minimum atomic E-state index is -4.06. The van der Waals surface area contributed by atoms with E-state index in [1.807, 2.05) is 20.8 Å². The second-order valence-corrected chi connectivity index (χ2v) is 10.7. The lowest BCUT2D eigenvalue weighted by atomic mass is 9.87. The van der Waals surface area contributed by atoms with Crippen LogP contribution in [0.1, 0.15) is 48.5 Å². The number of amides is 1. The first-order valence-corrected chi connectivity index (χ1v) is 11.9. The summed E-state index contributed by atoms with van der Waals surface area (Å²) in [6.45, 7) is 6.04. The number of hydrogen-bond donors (Lipinski definition) is 2. The van der Waals surface area contributed by atoms with Crippen LogP contribution in [-0.4, -0.2) is 24.4 Å². The molecule has 3 aromatic rings. The average molecular weight is 490 g/mol. The van der Waals surface area contributed by atoms with Gasteiger partial charge in [0.2, 0.25) is 5.95 Å². The molecule has 0 radical (unpaired) electrons. The summed E-state index contributed by atoms with van der Waals surface area (Å²) in [4.78, 5) is 17.3. The topological polar surface area (TPSA) is 99.6 Å². The molecule has 10 heteroatoms. The maximum Gasteiger partial charge on any atom is 0.262 e. The first-order valence-electron chi connectivity index (χ1n) is 10.00. The number of hydrogen-bond acceptors (Lipinski definition) is 5. The molecule has 1 amide bonds. The van der Waals surface area contributed by atoms with Crippen LogP contribution in [-0.2, 0) is 15.4 Å². The molecule has 1 unspecified atom stereocenters. The number of nitrogens with zero attached hydrogens (tertiary/aromatic N) is 2. The van der Waals surface area contributed by atoms with Crippen molar-refractivity contribution in [3.05, 3.63) is 82.4 Å². The normalized spacial score (nSPS) is 16.1. The van der Waals surface area contributed by atoms with Crippen LogP contribution in [0.4, 0.5) is 15.8 Å². The van der Waals surface area contributed by atoms with Gasteiger partial charge in [-0.2, -0.15) is 4.39 Å². The van der Waals surface area contributed by atoms with Crippen molar-refractivity contribution in [1.82, 2.24) is 4.98 Å². The summed E-state index contributed by atoms with van der Waals surface area (Å²) in [5, 5.41) is 10.9. The van der Waals surface area contributed by atoms with E-state index in [0.717, 1.165) is 10.5 Å². The van der Waals surface area contributed by atoms with Gasteiger partial charge in [0.1, 0.15) is 5.69 Å². The van der Waals surface area contributed by atoms with E-state index in [-0.39, 0.29) is 37.8 Å². The summed E-state index contributed by atoms with van der Waals surface area (Å²) < 4.78 is 42.8. The molecular weight excluding hydrogens is 469 g/mol. The predicted octanol–water partition coefficient (Wildman–Crippen LogP) is 4.62. The highest BCUT2D eigenvalue weighted by molar-refractivity contribution is 7.92. The Hall–Kier alpha value is -3.01. The number of carbonyl (C=O) groups is 1. The molecule has 172 valence electrons. The van der Waals surface area contributed by atoms with Crippen molar-refractivity contribution in [1.29, 1.82) is 0 Å². The number of sulfonamides is 1. The summed E-state index contributed by atoms with van der Waals surface area (Å²) >= 11 is 6.20. The Morgan fingerprint density at radius 2 is 1.79 bits per heavy atom. The number of aliphatic hydroxyl groups excluding tert-OH is 1. The molecular formula is C23H21ClFN3O4S. The molecule has 1 atom stereocenters. The van der Waals surface area contributed by atoms with E-state index in [0.29, 0.717) is 0 Å². The average Bonchev–Trinajstić information content (AvgIpc) is 3.01. The molecule has 1 aromatic heterocycles. The highest BCUT2D eigenvalue weighted by Crippen LogP contribution is 2.43. The third-order valence-corrected chi connectivity index (χ3v) is 7.10. The van der Waals surface area contributed by atoms with Crippen LogP contribution in [0.15, 0.2) is 59.6 Å². The summed E-state index contributed by atoms with van der Waals surface area (Å²) in [5.74, 6) is -1.74. The number of fused-ring (bicyclic) bond motifs is 1.